The van der Waals surface area contributed by atoms with Gasteiger partial charge in [0.05, 0.1) is 7.11 Å². The molecular weight excluding hydrogens is 378 g/mol. The number of rotatable bonds is 3. The zero-order valence-corrected chi connectivity index (χ0v) is 16.1. The quantitative estimate of drug-likeness (QED) is 0.727. The van der Waals surface area contributed by atoms with Crippen LogP contribution in [0.25, 0.3) is 0 Å². The van der Waals surface area contributed by atoms with Crippen LogP contribution in [0.5, 0.6) is 0 Å². The zero-order chi connectivity index (χ0) is 17.9. The van der Waals surface area contributed by atoms with Crippen molar-refractivity contribution in [3.63, 3.8) is 0 Å². The number of nitrogens with zero attached hydrogens (tertiary/aromatic N) is 3. The van der Waals surface area contributed by atoms with Crippen molar-refractivity contribution in [2.75, 3.05) is 20.2 Å². The van der Waals surface area contributed by atoms with E-state index in [2.05, 4.69) is 21.0 Å². The van der Waals surface area contributed by atoms with Gasteiger partial charge in [-0.05, 0) is 55.5 Å². The maximum absolute atomic E-state index is 12.2. The van der Waals surface area contributed by atoms with Crippen LogP contribution in [0.1, 0.15) is 44.1 Å². The summed E-state index contributed by atoms with van der Waals surface area (Å²) in [6.07, 6.45) is 1.58. The molecule has 2 heterocycles. The summed E-state index contributed by atoms with van der Waals surface area (Å²) in [5.41, 5.74) is -0.103. The summed E-state index contributed by atoms with van der Waals surface area (Å²) in [6, 6.07) is 1.64. The van der Waals surface area contributed by atoms with Gasteiger partial charge in [0.15, 0.2) is 0 Å². The normalized spacial score (nSPS) is 18.4. The molecule has 1 amide bonds. The molecule has 7 nitrogen and oxygen atoms in total. The average Bonchev–Trinajstić information content (AvgIpc) is 2.85. The maximum atomic E-state index is 12.2. The highest BCUT2D eigenvalue weighted by Gasteiger charge is 2.29. The van der Waals surface area contributed by atoms with E-state index in [1.54, 1.807) is 15.6 Å². The molecule has 1 saturated heterocycles. The van der Waals surface area contributed by atoms with Crippen LogP contribution in [0, 0.1) is 5.92 Å². The van der Waals surface area contributed by atoms with Gasteiger partial charge in [-0.3, -0.25) is 4.68 Å². The van der Waals surface area contributed by atoms with Gasteiger partial charge in [-0.1, -0.05) is 0 Å². The first-order valence-corrected chi connectivity index (χ1v) is 8.78. The van der Waals surface area contributed by atoms with E-state index < -0.39 is 11.6 Å². The van der Waals surface area contributed by atoms with Crippen molar-refractivity contribution in [1.29, 1.82) is 0 Å². The Kier molecular flexibility index (Phi) is 5.90. The molecule has 1 aromatic heterocycles. The molecule has 1 fully saturated rings. The summed E-state index contributed by atoms with van der Waals surface area (Å²) in [7, 11) is 1.35. The molecule has 1 aliphatic rings. The van der Waals surface area contributed by atoms with Crippen LogP contribution >= 0.6 is 15.9 Å². The standard InChI is InChI=1S/C16H24BrN3O4/c1-16(2,3)24-15(22)19-7-5-6-11(9-19)10-20-12(14(21)23-4)8-13(17)18-20/h8,11H,5-7,9-10H2,1-4H3. The first kappa shape index (κ1) is 18.8. The molecule has 1 aliphatic heterocycles. The van der Waals surface area contributed by atoms with Crippen molar-refractivity contribution >= 4 is 28.0 Å². The van der Waals surface area contributed by atoms with Gasteiger partial charge in [0.25, 0.3) is 0 Å². The van der Waals surface area contributed by atoms with E-state index in [-0.39, 0.29) is 12.0 Å². The second-order valence-electron chi connectivity index (χ2n) is 6.96. The number of likely N-dealkylation sites (tertiary alicyclic amines) is 1. The molecule has 2 rings (SSSR count). The van der Waals surface area contributed by atoms with E-state index in [1.165, 1.54) is 7.11 Å². The molecule has 134 valence electrons. The predicted octanol–water partition coefficient (Wildman–Crippen LogP) is 3.08. The first-order chi connectivity index (χ1) is 11.2. The van der Waals surface area contributed by atoms with E-state index in [9.17, 15) is 9.59 Å². The molecule has 0 aliphatic carbocycles. The molecule has 1 unspecified atom stereocenters. The third-order valence-electron chi connectivity index (χ3n) is 3.75. The average molecular weight is 402 g/mol. The number of halogens is 1. The van der Waals surface area contributed by atoms with E-state index in [0.717, 1.165) is 12.8 Å². The zero-order valence-electron chi connectivity index (χ0n) is 14.5. The van der Waals surface area contributed by atoms with Gasteiger partial charge in [-0.15, -0.1) is 0 Å². The lowest BCUT2D eigenvalue weighted by atomic mass is 9.98. The fourth-order valence-electron chi connectivity index (χ4n) is 2.74. The Morgan fingerprint density at radius 1 is 1.42 bits per heavy atom. The number of amides is 1. The number of aromatic nitrogens is 2. The molecule has 0 N–H and O–H groups in total. The van der Waals surface area contributed by atoms with Crippen LogP contribution in [0.2, 0.25) is 0 Å². The van der Waals surface area contributed by atoms with E-state index in [0.29, 0.717) is 29.9 Å². The van der Waals surface area contributed by atoms with Gasteiger partial charge < -0.3 is 14.4 Å². The highest BCUT2D eigenvalue weighted by Crippen LogP contribution is 2.22. The van der Waals surface area contributed by atoms with Gasteiger partial charge in [0.1, 0.15) is 15.9 Å². The molecule has 0 radical (unpaired) electrons. The number of piperidine rings is 1. The highest BCUT2D eigenvalue weighted by molar-refractivity contribution is 9.10. The topological polar surface area (TPSA) is 73.7 Å². The minimum Gasteiger partial charge on any atom is -0.464 e. The van der Waals surface area contributed by atoms with Crippen LogP contribution in [-0.4, -0.2) is 52.5 Å². The summed E-state index contributed by atoms with van der Waals surface area (Å²) in [4.78, 5) is 25.8. The Balaban J connectivity index is 2.03. The van der Waals surface area contributed by atoms with Crippen molar-refractivity contribution in [2.45, 2.75) is 45.8 Å². The van der Waals surface area contributed by atoms with Crippen LogP contribution in [-0.2, 0) is 16.0 Å². The third kappa shape index (κ3) is 4.96. The second-order valence-corrected chi connectivity index (χ2v) is 7.77. The van der Waals surface area contributed by atoms with Crippen LogP contribution in [0.3, 0.4) is 0 Å². The summed E-state index contributed by atoms with van der Waals surface area (Å²) in [5, 5.41) is 4.30. The highest BCUT2D eigenvalue weighted by atomic mass is 79.9. The summed E-state index contributed by atoms with van der Waals surface area (Å²) in [6.45, 7) is 7.41. The largest absolute Gasteiger partial charge is 0.464 e. The molecule has 1 aromatic rings. The summed E-state index contributed by atoms with van der Waals surface area (Å²) < 4.78 is 12.5. The Hall–Kier alpha value is -1.57. The summed E-state index contributed by atoms with van der Waals surface area (Å²) >= 11 is 3.29. The van der Waals surface area contributed by atoms with Crippen LogP contribution in [0.4, 0.5) is 4.79 Å². The molecule has 24 heavy (non-hydrogen) atoms. The van der Waals surface area contributed by atoms with E-state index >= 15 is 0 Å². The molecule has 8 heteroatoms. The summed E-state index contributed by atoms with van der Waals surface area (Å²) in [5.74, 6) is -0.213. The number of hydrogen-bond donors (Lipinski definition) is 0. The van der Waals surface area contributed by atoms with Gasteiger partial charge in [-0.2, -0.15) is 5.10 Å². The lowest BCUT2D eigenvalue weighted by Gasteiger charge is -2.34. The van der Waals surface area contributed by atoms with E-state index in [4.69, 9.17) is 9.47 Å². The van der Waals surface area contributed by atoms with Gasteiger partial charge in [0.2, 0.25) is 0 Å². The molecule has 0 saturated carbocycles. The van der Waals surface area contributed by atoms with Gasteiger partial charge in [0, 0.05) is 25.7 Å². The number of carbonyl (C=O) groups is 2. The number of hydrogen-bond acceptors (Lipinski definition) is 5. The lowest BCUT2D eigenvalue weighted by Crippen LogP contribution is -2.43. The van der Waals surface area contributed by atoms with Crippen molar-refractivity contribution in [2.24, 2.45) is 5.92 Å². The SMILES string of the molecule is COC(=O)c1cc(Br)nn1CC1CCCN(C(=O)OC(C)(C)C)C1. The van der Waals surface area contributed by atoms with Crippen molar-refractivity contribution in [3.8, 4) is 0 Å². The third-order valence-corrected chi connectivity index (χ3v) is 4.13. The Bertz CT molecular complexity index is 609. The van der Waals surface area contributed by atoms with Crippen LogP contribution < -0.4 is 0 Å². The van der Waals surface area contributed by atoms with Crippen molar-refractivity contribution in [3.05, 3.63) is 16.4 Å². The van der Waals surface area contributed by atoms with Crippen molar-refractivity contribution in [1.82, 2.24) is 14.7 Å². The smallest absolute Gasteiger partial charge is 0.410 e. The number of methoxy groups -OCH3 is 1. The maximum Gasteiger partial charge on any atom is 0.410 e. The first-order valence-electron chi connectivity index (χ1n) is 7.99. The minimum atomic E-state index is -0.505. The minimum absolute atomic E-state index is 0.210. The fraction of sp³-hybridized carbons (Fsp3) is 0.688. The number of ether oxygens (including phenoxy) is 2. The molecular formula is C16H24BrN3O4. The molecule has 1 atom stereocenters. The Morgan fingerprint density at radius 3 is 2.75 bits per heavy atom. The van der Waals surface area contributed by atoms with E-state index in [1.807, 2.05) is 20.8 Å². The lowest BCUT2D eigenvalue weighted by molar-refractivity contribution is 0.0153. The van der Waals surface area contributed by atoms with Crippen molar-refractivity contribution < 1.29 is 19.1 Å². The Morgan fingerprint density at radius 2 is 2.12 bits per heavy atom. The van der Waals surface area contributed by atoms with Crippen LogP contribution in [0.15, 0.2) is 10.7 Å². The fourth-order valence-corrected chi connectivity index (χ4v) is 3.15. The number of esters is 1. The van der Waals surface area contributed by atoms with Gasteiger partial charge in [-0.25, -0.2) is 9.59 Å². The second kappa shape index (κ2) is 7.55. The molecule has 0 aromatic carbocycles. The number of carbonyl (C=O) groups excluding carboxylic acids is 2. The Labute approximate surface area is 150 Å². The molecule has 0 bridgehead atoms. The van der Waals surface area contributed by atoms with Gasteiger partial charge >= 0.3 is 12.1 Å². The predicted molar refractivity (Wildman–Crippen MR) is 91.8 cm³/mol. The monoisotopic (exact) mass is 401 g/mol. The molecule has 0 spiro atoms.